The average Bonchev–Trinajstić information content (AvgIpc) is 2.52. The predicted octanol–water partition coefficient (Wildman–Crippen LogP) is -0.730. The van der Waals surface area contributed by atoms with E-state index < -0.39 is 0 Å². The molecule has 1 aromatic carbocycles. The first kappa shape index (κ1) is 17.3. The van der Waals surface area contributed by atoms with Gasteiger partial charge in [0.05, 0.1) is 25.6 Å². The zero-order valence-corrected chi connectivity index (χ0v) is 13.6. The van der Waals surface area contributed by atoms with Crippen LogP contribution in [0.15, 0.2) is 24.3 Å². The Morgan fingerprint density at radius 1 is 1.43 bits per heavy atom. The third kappa shape index (κ3) is 5.90. The van der Waals surface area contributed by atoms with Crippen LogP contribution in [0, 0.1) is 12.8 Å². The maximum absolute atomic E-state index is 11.9. The molecule has 0 spiro atoms. The number of amides is 2. The highest BCUT2D eigenvalue weighted by molar-refractivity contribution is 5.77. The molecular weight excluding hydrogens is 294 g/mol. The largest absolute Gasteiger partial charge is 0.492 e. The number of benzene rings is 1. The number of primary amides is 1. The summed E-state index contributed by atoms with van der Waals surface area (Å²) in [6.07, 6.45) is 1.78. The summed E-state index contributed by atoms with van der Waals surface area (Å²) in [7, 11) is 0. The van der Waals surface area contributed by atoms with Gasteiger partial charge in [-0.3, -0.25) is 9.59 Å². The van der Waals surface area contributed by atoms with Crippen LogP contribution in [0.1, 0.15) is 18.4 Å². The molecule has 0 radical (unpaired) electrons. The number of likely N-dealkylation sites (tertiary alicyclic amines) is 1. The number of hydrogen-bond donors (Lipinski definition) is 3. The van der Waals surface area contributed by atoms with E-state index in [9.17, 15) is 9.59 Å². The smallest absolute Gasteiger partial charge is 0.275 e. The number of piperidine rings is 1. The summed E-state index contributed by atoms with van der Waals surface area (Å²) in [6.45, 7) is 4.87. The minimum absolute atomic E-state index is 0.0158. The van der Waals surface area contributed by atoms with E-state index in [0.717, 1.165) is 35.6 Å². The lowest BCUT2D eigenvalue weighted by molar-refractivity contribution is -0.899. The molecule has 1 aliphatic rings. The Morgan fingerprint density at radius 2 is 2.26 bits per heavy atom. The van der Waals surface area contributed by atoms with Crippen molar-refractivity contribution < 1.29 is 19.2 Å². The van der Waals surface area contributed by atoms with Gasteiger partial charge in [-0.05, 0) is 37.5 Å². The highest BCUT2D eigenvalue weighted by Crippen LogP contribution is 2.11. The van der Waals surface area contributed by atoms with Gasteiger partial charge in [-0.25, -0.2) is 0 Å². The first-order valence-corrected chi connectivity index (χ1v) is 8.13. The van der Waals surface area contributed by atoms with Crippen molar-refractivity contribution in [3.05, 3.63) is 29.8 Å². The normalized spacial score (nSPS) is 20.7. The van der Waals surface area contributed by atoms with Gasteiger partial charge in [-0.1, -0.05) is 12.1 Å². The van der Waals surface area contributed by atoms with Crippen molar-refractivity contribution in [2.24, 2.45) is 11.7 Å². The van der Waals surface area contributed by atoms with Crippen molar-refractivity contribution in [2.45, 2.75) is 19.8 Å². The third-order valence-corrected chi connectivity index (χ3v) is 4.11. The van der Waals surface area contributed by atoms with Gasteiger partial charge in [0.2, 0.25) is 5.91 Å². The maximum atomic E-state index is 11.9. The molecule has 2 amide bonds. The maximum Gasteiger partial charge on any atom is 0.275 e. The van der Waals surface area contributed by atoms with Gasteiger partial charge in [-0.15, -0.1) is 0 Å². The second kappa shape index (κ2) is 8.53. The molecule has 0 aliphatic carbocycles. The van der Waals surface area contributed by atoms with Gasteiger partial charge in [0.25, 0.3) is 5.91 Å². The molecule has 2 atom stereocenters. The minimum Gasteiger partial charge on any atom is -0.492 e. The van der Waals surface area contributed by atoms with Gasteiger partial charge in [-0.2, -0.15) is 0 Å². The summed E-state index contributed by atoms with van der Waals surface area (Å²) in [6, 6.07) is 7.81. The quantitative estimate of drug-likeness (QED) is 0.579. The van der Waals surface area contributed by atoms with E-state index in [2.05, 4.69) is 5.32 Å². The fourth-order valence-electron chi connectivity index (χ4n) is 2.91. The van der Waals surface area contributed by atoms with Gasteiger partial charge < -0.3 is 20.7 Å². The van der Waals surface area contributed by atoms with Gasteiger partial charge in [0.1, 0.15) is 12.4 Å². The van der Waals surface area contributed by atoms with E-state index >= 15 is 0 Å². The highest BCUT2D eigenvalue weighted by Gasteiger charge is 2.28. The number of nitrogens with one attached hydrogen (secondary N) is 2. The molecule has 1 saturated heterocycles. The summed E-state index contributed by atoms with van der Waals surface area (Å²) in [5.41, 5.74) is 6.50. The average molecular weight is 320 g/mol. The predicted molar refractivity (Wildman–Crippen MR) is 87.2 cm³/mol. The van der Waals surface area contributed by atoms with Crippen LogP contribution in [0.4, 0.5) is 0 Å². The van der Waals surface area contributed by atoms with Crippen molar-refractivity contribution in [1.29, 1.82) is 0 Å². The van der Waals surface area contributed by atoms with Crippen molar-refractivity contribution in [3.63, 3.8) is 0 Å². The van der Waals surface area contributed by atoms with Crippen LogP contribution in [0.25, 0.3) is 0 Å². The molecule has 0 bridgehead atoms. The SMILES string of the molecule is Cc1cccc(OCCNC(=O)C[NH+]2CCC[C@@H](C(N)=O)C2)c1. The molecule has 4 N–H and O–H groups in total. The van der Waals surface area contributed by atoms with Crippen LogP contribution in [0.3, 0.4) is 0 Å². The number of quaternary nitrogens is 1. The van der Waals surface area contributed by atoms with E-state index in [-0.39, 0.29) is 17.7 Å². The Bertz CT molecular complexity index is 548. The van der Waals surface area contributed by atoms with Crippen LogP contribution >= 0.6 is 0 Å². The number of carbonyl (C=O) groups excluding carboxylic acids is 2. The van der Waals surface area contributed by atoms with E-state index in [1.807, 2.05) is 31.2 Å². The number of aryl methyl sites for hydroxylation is 1. The first-order valence-electron chi connectivity index (χ1n) is 8.13. The van der Waals surface area contributed by atoms with E-state index in [1.54, 1.807) is 0 Å². The second-order valence-corrected chi connectivity index (χ2v) is 6.14. The minimum atomic E-state index is -0.255. The molecule has 6 nitrogen and oxygen atoms in total. The van der Waals surface area contributed by atoms with Crippen molar-refractivity contribution >= 4 is 11.8 Å². The van der Waals surface area contributed by atoms with Crippen LogP contribution in [-0.4, -0.2) is 44.6 Å². The van der Waals surface area contributed by atoms with Crippen molar-refractivity contribution in [1.82, 2.24) is 5.32 Å². The number of rotatable bonds is 7. The van der Waals surface area contributed by atoms with Gasteiger partial charge in [0, 0.05) is 0 Å². The summed E-state index contributed by atoms with van der Waals surface area (Å²) >= 11 is 0. The van der Waals surface area contributed by atoms with Crippen LogP contribution < -0.4 is 20.7 Å². The molecule has 1 aliphatic heterocycles. The third-order valence-electron chi connectivity index (χ3n) is 4.11. The van der Waals surface area contributed by atoms with Gasteiger partial charge in [0.15, 0.2) is 6.54 Å². The summed E-state index contributed by atoms with van der Waals surface area (Å²) < 4.78 is 5.59. The Labute approximate surface area is 137 Å². The Kier molecular flexibility index (Phi) is 6.40. The zero-order chi connectivity index (χ0) is 16.7. The molecule has 23 heavy (non-hydrogen) atoms. The summed E-state index contributed by atoms with van der Waals surface area (Å²) in [5, 5.41) is 2.86. The Morgan fingerprint density at radius 3 is 3.00 bits per heavy atom. The number of carbonyl (C=O) groups is 2. The molecule has 0 aromatic heterocycles. The number of nitrogens with two attached hydrogens (primary N) is 1. The van der Waals surface area contributed by atoms with Gasteiger partial charge >= 0.3 is 0 Å². The Hall–Kier alpha value is -2.08. The van der Waals surface area contributed by atoms with E-state index in [1.165, 1.54) is 0 Å². The number of ether oxygens (including phenoxy) is 1. The number of hydrogen-bond acceptors (Lipinski definition) is 3. The van der Waals surface area contributed by atoms with Crippen LogP contribution in [0.5, 0.6) is 5.75 Å². The molecule has 1 heterocycles. The molecular formula is C17H26N3O3+. The van der Waals surface area contributed by atoms with Crippen LogP contribution in [0.2, 0.25) is 0 Å². The fourth-order valence-corrected chi connectivity index (χ4v) is 2.91. The summed E-state index contributed by atoms with van der Waals surface area (Å²) in [4.78, 5) is 24.3. The summed E-state index contributed by atoms with van der Waals surface area (Å²) in [5.74, 6) is 0.438. The monoisotopic (exact) mass is 320 g/mol. The molecule has 6 heteroatoms. The lowest BCUT2D eigenvalue weighted by Crippen LogP contribution is -3.15. The van der Waals surface area contributed by atoms with Crippen molar-refractivity contribution in [2.75, 3.05) is 32.8 Å². The molecule has 126 valence electrons. The zero-order valence-electron chi connectivity index (χ0n) is 13.6. The van der Waals surface area contributed by atoms with Crippen molar-refractivity contribution in [3.8, 4) is 5.75 Å². The first-order chi connectivity index (χ1) is 11.0. The molecule has 1 aromatic rings. The van der Waals surface area contributed by atoms with E-state index in [4.69, 9.17) is 10.5 Å². The molecule has 2 rings (SSSR count). The Balaban J connectivity index is 1.64. The lowest BCUT2D eigenvalue weighted by Gasteiger charge is -2.27. The van der Waals surface area contributed by atoms with Crippen LogP contribution in [-0.2, 0) is 9.59 Å². The van der Waals surface area contributed by atoms with E-state index in [0.29, 0.717) is 26.2 Å². The second-order valence-electron chi connectivity index (χ2n) is 6.14. The standard InChI is InChI=1S/C17H25N3O3/c1-13-4-2-6-15(10-13)23-9-7-19-16(21)12-20-8-3-5-14(11-20)17(18)22/h2,4,6,10,14H,3,5,7-9,11-12H2,1H3,(H2,18,22)(H,19,21)/p+1/t14-/m1/s1. The lowest BCUT2D eigenvalue weighted by atomic mass is 9.97. The molecule has 1 fully saturated rings. The topological polar surface area (TPSA) is 85.9 Å². The highest BCUT2D eigenvalue weighted by atomic mass is 16.5. The molecule has 0 saturated carbocycles. The fraction of sp³-hybridized carbons (Fsp3) is 0.529. The molecule has 1 unspecified atom stereocenters.